The van der Waals surface area contributed by atoms with E-state index in [0.717, 1.165) is 5.56 Å². The maximum Gasteiger partial charge on any atom is 0.130 e. The van der Waals surface area contributed by atoms with Crippen LogP contribution in [-0.4, -0.2) is 18.3 Å². The second kappa shape index (κ2) is 7.72. The monoisotopic (exact) mass is 273 g/mol. The normalized spacial score (nSPS) is 11.5. The van der Waals surface area contributed by atoms with Gasteiger partial charge in [0.2, 0.25) is 0 Å². The molecule has 98 valence electrons. The lowest BCUT2D eigenvalue weighted by Crippen LogP contribution is -2.01. The summed E-state index contributed by atoms with van der Waals surface area (Å²) in [4.78, 5) is 4.28. The van der Waals surface area contributed by atoms with Gasteiger partial charge in [0.05, 0.1) is 19.8 Å². The first-order valence-electron chi connectivity index (χ1n) is 6.23. The van der Waals surface area contributed by atoms with Crippen molar-refractivity contribution < 1.29 is 4.74 Å². The van der Waals surface area contributed by atoms with Crippen molar-refractivity contribution in [2.45, 2.75) is 6.61 Å². The number of benzene rings is 2. The average Bonchev–Trinajstić information content (AvgIpc) is 2.49. The molecule has 0 bridgehead atoms. The Balaban J connectivity index is 1.72. The Kier molecular flexibility index (Phi) is 5.60. The molecule has 19 heavy (non-hydrogen) atoms. The minimum Gasteiger partial charge on any atom is -0.375 e. The highest BCUT2D eigenvalue weighted by Crippen LogP contribution is 2.05. The maximum absolute atomic E-state index is 6.10. The molecule has 0 radical (unpaired) electrons. The SMILES string of the molecule is Cl/C(=N\CCOCc1ccccc1)c1ccccc1. The fourth-order valence-corrected chi connectivity index (χ4v) is 1.85. The molecule has 2 rings (SSSR count). The Morgan fingerprint density at radius 1 is 0.947 bits per heavy atom. The topological polar surface area (TPSA) is 21.6 Å². The quantitative estimate of drug-likeness (QED) is 0.578. The zero-order chi connectivity index (χ0) is 13.3. The third-order valence-corrected chi connectivity index (χ3v) is 2.95. The van der Waals surface area contributed by atoms with Gasteiger partial charge in [0.15, 0.2) is 0 Å². The molecule has 2 nitrogen and oxygen atoms in total. The van der Waals surface area contributed by atoms with E-state index < -0.39 is 0 Å². The molecule has 0 fully saturated rings. The van der Waals surface area contributed by atoms with Crippen LogP contribution in [0.4, 0.5) is 0 Å². The number of nitrogens with zero attached hydrogens (tertiary/aromatic N) is 1. The Labute approximate surface area is 118 Å². The summed E-state index contributed by atoms with van der Waals surface area (Å²) in [6.45, 7) is 1.75. The van der Waals surface area contributed by atoms with Gasteiger partial charge in [-0.25, -0.2) is 0 Å². The fourth-order valence-electron chi connectivity index (χ4n) is 1.64. The number of aliphatic imine (C=N–C) groups is 1. The van der Waals surface area contributed by atoms with Crippen LogP contribution in [0.1, 0.15) is 11.1 Å². The van der Waals surface area contributed by atoms with Gasteiger partial charge in [-0.3, -0.25) is 4.99 Å². The lowest BCUT2D eigenvalue weighted by atomic mass is 10.2. The summed E-state index contributed by atoms with van der Waals surface area (Å²) in [7, 11) is 0. The van der Waals surface area contributed by atoms with Crippen molar-refractivity contribution in [1.29, 1.82) is 0 Å². The third kappa shape index (κ3) is 4.86. The van der Waals surface area contributed by atoms with E-state index in [0.29, 0.717) is 24.9 Å². The molecular formula is C16H16ClNO. The van der Waals surface area contributed by atoms with E-state index >= 15 is 0 Å². The van der Waals surface area contributed by atoms with Gasteiger partial charge in [0, 0.05) is 5.56 Å². The molecule has 0 aliphatic rings. The minimum absolute atomic E-state index is 0.531. The first kappa shape index (κ1) is 13.8. The Bertz CT molecular complexity index is 511. The van der Waals surface area contributed by atoms with Gasteiger partial charge >= 0.3 is 0 Å². The van der Waals surface area contributed by atoms with Gasteiger partial charge in [0.25, 0.3) is 0 Å². The molecule has 0 amide bonds. The Morgan fingerprint density at radius 2 is 1.58 bits per heavy atom. The lowest BCUT2D eigenvalue weighted by Gasteiger charge is -2.03. The Hall–Kier alpha value is -1.64. The van der Waals surface area contributed by atoms with Crippen LogP contribution in [0.3, 0.4) is 0 Å². The molecule has 0 aliphatic carbocycles. The van der Waals surface area contributed by atoms with Gasteiger partial charge in [-0.1, -0.05) is 72.3 Å². The molecule has 0 atom stereocenters. The summed E-state index contributed by atoms with van der Waals surface area (Å²) in [5, 5.41) is 0.531. The molecular weight excluding hydrogens is 258 g/mol. The Morgan fingerprint density at radius 3 is 2.26 bits per heavy atom. The van der Waals surface area contributed by atoms with Crippen LogP contribution in [-0.2, 0) is 11.3 Å². The van der Waals surface area contributed by atoms with Crippen LogP contribution in [0.25, 0.3) is 0 Å². The predicted molar refractivity (Wildman–Crippen MR) is 79.8 cm³/mol. The molecule has 0 saturated carbocycles. The van der Waals surface area contributed by atoms with Crippen LogP contribution in [0, 0.1) is 0 Å². The first-order valence-corrected chi connectivity index (χ1v) is 6.61. The largest absolute Gasteiger partial charge is 0.375 e. The highest BCUT2D eigenvalue weighted by molar-refractivity contribution is 6.69. The first-order chi connectivity index (χ1) is 9.36. The van der Waals surface area contributed by atoms with Crippen LogP contribution in [0.5, 0.6) is 0 Å². The smallest absolute Gasteiger partial charge is 0.130 e. The second-order valence-corrected chi connectivity index (χ2v) is 4.43. The molecule has 0 aromatic heterocycles. The van der Waals surface area contributed by atoms with E-state index in [-0.39, 0.29) is 0 Å². The highest BCUT2D eigenvalue weighted by Gasteiger charge is 1.97. The standard InChI is InChI=1S/C16H16ClNO/c17-16(15-9-5-2-6-10-15)18-11-12-19-13-14-7-3-1-4-8-14/h1-10H,11-13H2/b18-16-. The van der Waals surface area contributed by atoms with E-state index in [4.69, 9.17) is 16.3 Å². The van der Waals surface area contributed by atoms with Crippen molar-refractivity contribution in [3.63, 3.8) is 0 Å². The summed E-state index contributed by atoms with van der Waals surface area (Å²) in [5.74, 6) is 0. The molecule has 0 aliphatic heterocycles. The van der Waals surface area contributed by atoms with Crippen LogP contribution in [0.2, 0.25) is 0 Å². The molecule has 0 saturated heterocycles. The molecule has 0 heterocycles. The van der Waals surface area contributed by atoms with Crippen molar-refractivity contribution in [2.24, 2.45) is 4.99 Å². The summed E-state index contributed by atoms with van der Waals surface area (Å²) >= 11 is 6.10. The van der Waals surface area contributed by atoms with Crippen molar-refractivity contribution >= 4 is 16.8 Å². The predicted octanol–water partition coefficient (Wildman–Crippen LogP) is 3.89. The van der Waals surface area contributed by atoms with Crippen molar-refractivity contribution in [3.8, 4) is 0 Å². The van der Waals surface area contributed by atoms with E-state index in [1.807, 2.05) is 60.7 Å². The summed E-state index contributed by atoms with van der Waals surface area (Å²) < 4.78 is 5.54. The molecule has 2 aromatic rings. The zero-order valence-electron chi connectivity index (χ0n) is 10.6. The van der Waals surface area contributed by atoms with Crippen molar-refractivity contribution in [2.75, 3.05) is 13.2 Å². The van der Waals surface area contributed by atoms with E-state index in [9.17, 15) is 0 Å². The van der Waals surface area contributed by atoms with Gasteiger partial charge in [-0.15, -0.1) is 0 Å². The number of ether oxygens (including phenoxy) is 1. The van der Waals surface area contributed by atoms with Gasteiger partial charge in [-0.05, 0) is 5.56 Å². The van der Waals surface area contributed by atoms with Crippen LogP contribution in [0.15, 0.2) is 65.7 Å². The molecule has 2 aromatic carbocycles. The van der Waals surface area contributed by atoms with Crippen molar-refractivity contribution in [3.05, 3.63) is 71.8 Å². The second-order valence-electron chi connectivity index (χ2n) is 4.08. The molecule has 0 spiro atoms. The van der Waals surface area contributed by atoms with Gasteiger partial charge < -0.3 is 4.74 Å². The summed E-state index contributed by atoms with van der Waals surface area (Å²) in [5.41, 5.74) is 2.10. The van der Waals surface area contributed by atoms with Crippen LogP contribution >= 0.6 is 11.6 Å². The zero-order valence-corrected chi connectivity index (χ0v) is 11.4. The number of rotatable bonds is 6. The molecule has 3 heteroatoms. The lowest BCUT2D eigenvalue weighted by molar-refractivity contribution is 0.128. The summed E-state index contributed by atoms with van der Waals surface area (Å²) in [6.07, 6.45) is 0. The van der Waals surface area contributed by atoms with Crippen LogP contribution < -0.4 is 0 Å². The van der Waals surface area contributed by atoms with Gasteiger partial charge in [-0.2, -0.15) is 0 Å². The van der Waals surface area contributed by atoms with E-state index in [2.05, 4.69) is 4.99 Å². The molecule has 0 unspecified atom stereocenters. The van der Waals surface area contributed by atoms with E-state index in [1.165, 1.54) is 5.56 Å². The fraction of sp³-hybridized carbons (Fsp3) is 0.188. The third-order valence-electron chi connectivity index (χ3n) is 2.61. The summed E-state index contributed by atoms with van der Waals surface area (Å²) in [6, 6.07) is 19.8. The number of halogens is 1. The maximum atomic E-state index is 6.10. The number of hydrogen-bond acceptors (Lipinski definition) is 2. The molecule has 0 N–H and O–H groups in total. The van der Waals surface area contributed by atoms with Gasteiger partial charge in [0.1, 0.15) is 5.17 Å². The average molecular weight is 274 g/mol. The van der Waals surface area contributed by atoms with E-state index in [1.54, 1.807) is 0 Å². The van der Waals surface area contributed by atoms with Crippen molar-refractivity contribution in [1.82, 2.24) is 0 Å². The minimum atomic E-state index is 0.531. The highest BCUT2D eigenvalue weighted by atomic mass is 35.5. The number of hydrogen-bond donors (Lipinski definition) is 0.